The normalized spacial score (nSPS) is 14.5. The van der Waals surface area contributed by atoms with Crippen LogP contribution in [0.25, 0.3) is 0 Å². The van der Waals surface area contributed by atoms with Crippen molar-refractivity contribution in [2.45, 2.75) is 12.8 Å². The van der Waals surface area contributed by atoms with E-state index < -0.39 is 0 Å². The molecular formula is C10H9IO2. The highest BCUT2D eigenvalue weighted by molar-refractivity contribution is 14.1. The number of aryl methyl sites for hydroxylation is 1. The summed E-state index contributed by atoms with van der Waals surface area (Å²) in [5.74, 6) is 1.05. The van der Waals surface area contributed by atoms with Crippen molar-refractivity contribution in [2.75, 3.05) is 7.11 Å². The van der Waals surface area contributed by atoms with Crippen LogP contribution in [0, 0.1) is 3.57 Å². The molecule has 2 nitrogen and oxygen atoms in total. The van der Waals surface area contributed by atoms with E-state index >= 15 is 0 Å². The predicted molar refractivity (Wildman–Crippen MR) is 58.4 cm³/mol. The summed E-state index contributed by atoms with van der Waals surface area (Å²) in [4.78, 5) is 11.5. The van der Waals surface area contributed by atoms with Crippen LogP contribution in [0.5, 0.6) is 5.75 Å². The number of methoxy groups -OCH3 is 1. The van der Waals surface area contributed by atoms with E-state index in [-0.39, 0.29) is 5.78 Å². The molecule has 0 radical (unpaired) electrons. The number of ether oxygens (including phenoxy) is 1. The molecule has 0 fully saturated rings. The van der Waals surface area contributed by atoms with Gasteiger partial charge in [0.25, 0.3) is 0 Å². The van der Waals surface area contributed by atoms with Gasteiger partial charge in [-0.25, -0.2) is 0 Å². The Hall–Kier alpha value is -0.580. The van der Waals surface area contributed by atoms with Crippen LogP contribution in [0.1, 0.15) is 22.3 Å². The van der Waals surface area contributed by atoms with E-state index in [1.54, 1.807) is 7.11 Å². The molecule has 0 atom stereocenters. The number of ketones is 1. The first-order valence-corrected chi connectivity index (χ1v) is 5.20. The standard InChI is InChI=1S/C10H9IO2/c1-13-8-5-3-6-2-4-7(12)9(6)10(8)11/h3,5H,2,4H2,1H3. The third kappa shape index (κ3) is 1.35. The number of fused-ring (bicyclic) bond motifs is 1. The van der Waals surface area contributed by atoms with Crippen molar-refractivity contribution in [2.24, 2.45) is 0 Å². The molecule has 1 aliphatic rings. The van der Waals surface area contributed by atoms with E-state index in [0.717, 1.165) is 26.9 Å². The molecular weight excluding hydrogens is 279 g/mol. The fourth-order valence-electron chi connectivity index (χ4n) is 1.64. The van der Waals surface area contributed by atoms with Crippen LogP contribution in [0.4, 0.5) is 0 Å². The maximum atomic E-state index is 11.5. The van der Waals surface area contributed by atoms with Gasteiger partial charge in [0, 0.05) is 12.0 Å². The second kappa shape index (κ2) is 3.29. The van der Waals surface area contributed by atoms with Crippen molar-refractivity contribution in [3.05, 3.63) is 26.8 Å². The van der Waals surface area contributed by atoms with Crippen LogP contribution in [-0.2, 0) is 6.42 Å². The van der Waals surface area contributed by atoms with Gasteiger partial charge in [-0.2, -0.15) is 0 Å². The number of carbonyl (C=O) groups is 1. The van der Waals surface area contributed by atoms with Gasteiger partial charge in [0.15, 0.2) is 5.78 Å². The van der Waals surface area contributed by atoms with Crippen molar-refractivity contribution in [1.82, 2.24) is 0 Å². The molecule has 0 N–H and O–H groups in total. The first-order valence-electron chi connectivity index (χ1n) is 4.12. The molecule has 0 bridgehead atoms. The summed E-state index contributed by atoms with van der Waals surface area (Å²) in [6, 6.07) is 3.92. The number of hydrogen-bond acceptors (Lipinski definition) is 2. The minimum atomic E-state index is 0.248. The average molecular weight is 288 g/mol. The predicted octanol–water partition coefficient (Wildman–Crippen LogP) is 2.43. The van der Waals surface area contributed by atoms with Gasteiger partial charge in [-0.1, -0.05) is 6.07 Å². The minimum Gasteiger partial charge on any atom is -0.496 e. The Bertz CT molecular complexity index is 371. The van der Waals surface area contributed by atoms with E-state index in [4.69, 9.17) is 4.74 Å². The van der Waals surface area contributed by atoms with E-state index in [0.29, 0.717) is 6.42 Å². The fraction of sp³-hybridized carbons (Fsp3) is 0.300. The molecule has 0 heterocycles. The number of rotatable bonds is 1. The minimum absolute atomic E-state index is 0.248. The number of hydrogen-bond donors (Lipinski definition) is 0. The number of benzene rings is 1. The van der Waals surface area contributed by atoms with Crippen molar-refractivity contribution in [1.29, 1.82) is 0 Å². The quantitative estimate of drug-likeness (QED) is 0.742. The summed E-state index contributed by atoms with van der Waals surface area (Å²) in [5.41, 5.74) is 2.04. The molecule has 0 saturated heterocycles. The molecule has 1 aromatic carbocycles. The lowest BCUT2D eigenvalue weighted by atomic mass is 10.1. The summed E-state index contributed by atoms with van der Waals surface area (Å²) in [7, 11) is 1.63. The molecule has 0 aromatic heterocycles. The third-order valence-electron chi connectivity index (χ3n) is 2.31. The topological polar surface area (TPSA) is 26.3 Å². The van der Waals surface area contributed by atoms with Gasteiger partial charge < -0.3 is 4.74 Å². The monoisotopic (exact) mass is 288 g/mol. The maximum absolute atomic E-state index is 11.5. The molecule has 0 unspecified atom stereocenters. The van der Waals surface area contributed by atoms with Gasteiger partial charge in [0.2, 0.25) is 0 Å². The Balaban J connectivity index is 2.63. The van der Waals surface area contributed by atoms with Crippen molar-refractivity contribution in [3.8, 4) is 5.75 Å². The largest absolute Gasteiger partial charge is 0.496 e. The van der Waals surface area contributed by atoms with Gasteiger partial charge in [-0.3, -0.25) is 4.79 Å². The van der Waals surface area contributed by atoms with Crippen LogP contribution in [-0.4, -0.2) is 12.9 Å². The van der Waals surface area contributed by atoms with Crippen molar-refractivity contribution < 1.29 is 9.53 Å². The fourth-order valence-corrected chi connectivity index (χ4v) is 2.68. The third-order valence-corrected chi connectivity index (χ3v) is 3.38. The Morgan fingerprint density at radius 2 is 2.15 bits per heavy atom. The van der Waals surface area contributed by atoms with E-state index in [2.05, 4.69) is 22.6 Å². The molecule has 0 spiro atoms. The first-order chi connectivity index (χ1) is 6.24. The van der Waals surface area contributed by atoms with Crippen LogP contribution in [0.2, 0.25) is 0 Å². The van der Waals surface area contributed by atoms with Crippen molar-refractivity contribution >= 4 is 28.4 Å². The van der Waals surface area contributed by atoms with Crippen LogP contribution >= 0.6 is 22.6 Å². The van der Waals surface area contributed by atoms with Gasteiger partial charge in [0.1, 0.15) is 5.75 Å². The second-order valence-corrected chi connectivity index (χ2v) is 4.12. The molecule has 13 heavy (non-hydrogen) atoms. The molecule has 0 aliphatic heterocycles. The lowest BCUT2D eigenvalue weighted by Crippen LogP contribution is -1.98. The van der Waals surface area contributed by atoms with Crippen molar-refractivity contribution in [3.63, 3.8) is 0 Å². The Kier molecular flexibility index (Phi) is 2.27. The maximum Gasteiger partial charge on any atom is 0.164 e. The Morgan fingerprint density at radius 1 is 1.38 bits per heavy atom. The zero-order valence-electron chi connectivity index (χ0n) is 7.26. The lowest BCUT2D eigenvalue weighted by molar-refractivity contribution is 0.0993. The molecule has 3 heteroatoms. The number of halogens is 1. The highest BCUT2D eigenvalue weighted by Gasteiger charge is 2.23. The number of carbonyl (C=O) groups excluding carboxylic acids is 1. The molecule has 2 rings (SSSR count). The lowest BCUT2D eigenvalue weighted by Gasteiger charge is -2.06. The molecule has 1 aliphatic carbocycles. The second-order valence-electron chi connectivity index (χ2n) is 3.04. The molecule has 68 valence electrons. The summed E-state index contributed by atoms with van der Waals surface area (Å²) in [6.45, 7) is 0. The smallest absolute Gasteiger partial charge is 0.164 e. The highest BCUT2D eigenvalue weighted by Crippen LogP contribution is 2.32. The summed E-state index contributed by atoms with van der Waals surface area (Å²) < 4.78 is 6.12. The molecule has 0 saturated carbocycles. The van der Waals surface area contributed by atoms with E-state index in [1.807, 2.05) is 12.1 Å². The van der Waals surface area contributed by atoms with Gasteiger partial charge in [-0.15, -0.1) is 0 Å². The summed E-state index contributed by atoms with van der Waals surface area (Å²) >= 11 is 2.18. The average Bonchev–Trinajstić information content (AvgIpc) is 2.49. The first kappa shape index (κ1) is 8.99. The van der Waals surface area contributed by atoms with Crippen LogP contribution in [0.15, 0.2) is 12.1 Å². The van der Waals surface area contributed by atoms with E-state index in [9.17, 15) is 4.79 Å². The zero-order valence-corrected chi connectivity index (χ0v) is 9.42. The molecule has 1 aromatic rings. The van der Waals surface area contributed by atoms with Gasteiger partial charge >= 0.3 is 0 Å². The zero-order chi connectivity index (χ0) is 9.42. The van der Waals surface area contributed by atoms with E-state index in [1.165, 1.54) is 0 Å². The summed E-state index contributed by atoms with van der Waals surface area (Å²) in [5, 5.41) is 0. The SMILES string of the molecule is COc1ccc2c(c1I)C(=O)CC2. The highest BCUT2D eigenvalue weighted by atomic mass is 127. The Morgan fingerprint density at radius 3 is 2.85 bits per heavy atom. The van der Waals surface area contributed by atoms with Gasteiger partial charge in [-0.05, 0) is 40.6 Å². The molecule has 0 amide bonds. The van der Waals surface area contributed by atoms with Crippen LogP contribution in [0.3, 0.4) is 0 Å². The van der Waals surface area contributed by atoms with Crippen LogP contribution < -0.4 is 4.74 Å². The summed E-state index contributed by atoms with van der Waals surface area (Å²) in [6.07, 6.45) is 1.53. The van der Waals surface area contributed by atoms with Gasteiger partial charge in [0.05, 0.1) is 10.7 Å². The number of Topliss-reactive ketones (excluding diaryl/α,β-unsaturated/α-hetero) is 1. The Labute approximate surface area is 90.4 Å².